The fourth-order valence-corrected chi connectivity index (χ4v) is 4.33. The SMILES string of the molecule is COc1cc(C(CC(=O)NCc2ccco2)c2c(O)c3ccccc3oc2=O)c(OC)c2c1OCO2. The maximum Gasteiger partial charge on any atom is 0.343 e. The minimum atomic E-state index is -0.985. The lowest BCUT2D eigenvalue weighted by Gasteiger charge is -2.22. The summed E-state index contributed by atoms with van der Waals surface area (Å²) in [7, 11) is 2.89. The van der Waals surface area contributed by atoms with Crippen molar-refractivity contribution in [3.63, 3.8) is 0 Å². The van der Waals surface area contributed by atoms with Gasteiger partial charge in [0.05, 0.1) is 38.0 Å². The number of nitrogens with one attached hydrogen (secondary N) is 1. The van der Waals surface area contributed by atoms with Gasteiger partial charge >= 0.3 is 5.63 Å². The second kappa shape index (κ2) is 9.57. The van der Waals surface area contributed by atoms with Gasteiger partial charge in [-0.05, 0) is 30.3 Å². The molecule has 1 unspecified atom stereocenters. The largest absolute Gasteiger partial charge is 0.507 e. The summed E-state index contributed by atoms with van der Waals surface area (Å²) >= 11 is 0. The van der Waals surface area contributed by atoms with Crippen LogP contribution in [0.25, 0.3) is 11.0 Å². The van der Waals surface area contributed by atoms with Crippen molar-refractivity contribution in [2.45, 2.75) is 18.9 Å². The Kier molecular flexibility index (Phi) is 6.16. The second-order valence-electron chi connectivity index (χ2n) is 8.03. The molecule has 4 aromatic rings. The van der Waals surface area contributed by atoms with Crippen LogP contribution in [0.15, 0.2) is 62.4 Å². The average Bonchev–Trinajstić information content (AvgIpc) is 3.58. The number of para-hydroxylation sites is 1. The van der Waals surface area contributed by atoms with Crippen molar-refractivity contribution in [1.82, 2.24) is 5.32 Å². The molecule has 1 amide bonds. The highest BCUT2D eigenvalue weighted by Crippen LogP contribution is 2.53. The smallest absolute Gasteiger partial charge is 0.343 e. The van der Waals surface area contributed by atoms with Crippen molar-refractivity contribution in [2.24, 2.45) is 0 Å². The predicted molar refractivity (Wildman–Crippen MR) is 127 cm³/mol. The van der Waals surface area contributed by atoms with Gasteiger partial charge in [-0.2, -0.15) is 0 Å². The Morgan fingerprint density at radius 2 is 1.92 bits per heavy atom. The lowest BCUT2D eigenvalue weighted by atomic mass is 9.86. The van der Waals surface area contributed by atoms with Gasteiger partial charge in [0, 0.05) is 17.9 Å². The quantitative estimate of drug-likeness (QED) is 0.353. The number of ether oxygens (including phenoxy) is 4. The van der Waals surface area contributed by atoms with Gasteiger partial charge in [0.2, 0.25) is 24.2 Å². The van der Waals surface area contributed by atoms with Crippen molar-refractivity contribution in [3.05, 3.63) is 76.0 Å². The molecule has 0 radical (unpaired) electrons. The first-order valence-electron chi connectivity index (χ1n) is 11.1. The molecule has 0 aliphatic carbocycles. The van der Waals surface area contributed by atoms with Gasteiger partial charge in [0.25, 0.3) is 0 Å². The number of amides is 1. The van der Waals surface area contributed by atoms with E-state index in [2.05, 4.69) is 5.32 Å². The van der Waals surface area contributed by atoms with Crippen LogP contribution in [0.3, 0.4) is 0 Å². The van der Waals surface area contributed by atoms with Gasteiger partial charge < -0.3 is 38.2 Å². The standard InChI is InChI=1S/C26H23NO9/c1-31-19-10-17(23(32-2)25-24(19)34-13-35-25)16(11-20(28)27-12-14-6-5-9-33-14)21-22(29)15-7-3-4-8-18(15)36-26(21)30/h3-10,16,29H,11-13H2,1-2H3,(H,27,28). The predicted octanol–water partition coefficient (Wildman–Crippen LogP) is 3.68. The molecule has 0 spiro atoms. The zero-order valence-electron chi connectivity index (χ0n) is 19.5. The highest BCUT2D eigenvalue weighted by Gasteiger charge is 2.35. The van der Waals surface area contributed by atoms with Crippen LogP contribution in [0.5, 0.6) is 28.7 Å². The zero-order chi connectivity index (χ0) is 25.2. The third kappa shape index (κ3) is 4.06. The number of hydrogen-bond acceptors (Lipinski definition) is 9. The molecule has 3 heterocycles. The first kappa shape index (κ1) is 23.2. The number of carbonyl (C=O) groups excluding carboxylic acids is 1. The molecule has 186 valence electrons. The minimum absolute atomic E-state index is 0.0524. The van der Waals surface area contributed by atoms with Crippen LogP contribution < -0.4 is 29.9 Å². The summed E-state index contributed by atoms with van der Waals surface area (Å²) in [5.74, 6) is 0.0805. The van der Waals surface area contributed by atoms with E-state index in [0.29, 0.717) is 28.2 Å². The van der Waals surface area contributed by atoms with Crippen LogP contribution in [-0.2, 0) is 11.3 Å². The van der Waals surface area contributed by atoms with Crippen LogP contribution >= 0.6 is 0 Å². The molecule has 1 atom stereocenters. The molecule has 1 aliphatic heterocycles. The van der Waals surface area contributed by atoms with E-state index in [1.807, 2.05) is 0 Å². The van der Waals surface area contributed by atoms with Crippen molar-refractivity contribution < 1.29 is 37.7 Å². The molecule has 1 aliphatic rings. The van der Waals surface area contributed by atoms with E-state index in [1.54, 1.807) is 42.5 Å². The van der Waals surface area contributed by atoms with E-state index in [1.165, 1.54) is 20.5 Å². The summed E-state index contributed by atoms with van der Waals surface area (Å²) in [5, 5.41) is 14.3. The molecule has 0 fully saturated rings. The van der Waals surface area contributed by atoms with Gasteiger partial charge in [-0.3, -0.25) is 4.79 Å². The van der Waals surface area contributed by atoms with Crippen molar-refractivity contribution in [2.75, 3.05) is 21.0 Å². The van der Waals surface area contributed by atoms with Crippen LogP contribution in [0.2, 0.25) is 0 Å². The molecule has 0 bridgehead atoms. The third-order valence-electron chi connectivity index (χ3n) is 5.99. The number of benzene rings is 2. The Morgan fingerprint density at radius 3 is 2.67 bits per heavy atom. The number of hydrogen-bond donors (Lipinski definition) is 2. The van der Waals surface area contributed by atoms with Crippen LogP contribution in [-0.4, -0.2) is 32.0 Å². The zero-order valence-corrected chi connectivity index (χ0v) is 19.5. The number of rotatable bonds is 8. The highest BCUT2D eigenvalue weighted by molar-refractivity contribution is 5.85. The van der Waals surface area contributed by atoms with Gasteiger partial charge in [0.15, 0.2) is 11.5 Å². The number of furan rings is 1. The molecule has 10 heteroatoms. The Labute approximate surface area is 204 Å². The Balaban J connectivity index is 1.65. The van der Waals surface area contributed by atoms with E-state index in [4.69, 9.17) is 27.8 Å². The summed E-state index contributed by atoms with van der Waals surface area (Å²) < 4.78 is 33.0. The fraction of sp³-hybridized carbons (Fsp3) is 0.231. The van der Waals surface area contributed by atoms with E-state index in [-0.39, 0.29) is 48.2 Å². The van der Waals surface area contributed by atoms with E-state index in [9.17, 15) is 14.7 Å². The summed E-state index contributed by atoms with van der Waals surface area (Å²) in [6.45, 7) is 0.0988. The van der Waals surface area contributed by atoms with Gasteiger partial charge in [-0.1, -0.05) is 12.1 Å². The normalized spacial score (nSPS) is 12.9. The summed E-state index contributed by atoms with van der Waals surface area (Å²) in [6, 6.07) is 11.7. The monoisotopic (exact) mass is 493 g/mol. The van der Waals surface area contributed by atoms with Gasteiger partial charge in [-0.25, -0.2) is 4.79 Å². The molecule has 2 N–H and O–H groups in total. The lowest BCUT2D eigenvalue weighted by molar-refractivity contribution is -0.121. The van der Waals surface area contributed by atoms with Gasteiger partial charge in [0.1, 0.15) is 17.1 Å². The lowest BCUT2D eigenvalue weighted by Crippen LogP contribution is -2.26. The summed E-state index contributed by atoms with van der Waals surface area (Å²) in [5.41, 5.74) is -0.278. The second-order valence-corrected chi connectivity index (χ2v) is 8.03. The first-order chi connectivity index (χ1) is 17.5. The number of methoxy groups -OCH3 is 2. The summed E-state index contributed by atoms with van der Waals surface area (Å²) in [6.07, 6.45) is 1.28. The van der Waals surface area contributed by atoms with E-state index in [0.717, 1.165) is 0 Å². The molecular weight excluding hydrogens is 470 g/mol. The Hall–Kier alpha value is -4.60. The number of fused-ring (bicyclic) bond motifs is 2. The molecule has 5 rings (SSSR count). The fourth-order valence-electron chi connectivity index (χ4n) is 4.33. The Morgan fingerprint density at radius 1 is 1.11 bits per heavy atom. The number of carbonyl (C=O) groups is 1. The van der Waals surface area contributed by atoms with Crippen molar-refractivity contribution >= 4 is 16.9 Å². The van der Waals surface area contributed by atoms with Crippen LogP contribution in [0, 0.1) is 0 Å². The van der Waals surface area contributed by atoms with Crippen LogP contribution in [0.4, 0.5) is 0 Å². The maximum absolute atomic E-state index is 13.2. The molecule has 2 aromatic carbocycles. The molecule has 10 nitrogen and oxygen atoms in total. The molecule has 0 saturated carbocycles. The van der Waals surface area contributed by atoms with Crippen molar-refractivity contribution in [3.8, 4) is 28.7 Å². The molecule has 2 aromatic heterocycles. The average molecular weight is 493 g/mol. The van der Waals surface area contributed by atoms with E-state index >= 15 is 0 Å². The van der Waals surface area contributed by atoms with E-state index < -0.39 is 17.5 Å². The minimum Gasteiger partial charge on any atom is -0.507 e. The highest BCUT2D eigenvalue weighted by atomic mass is 16.7. The summed E-state index contributed by atoms with van der Waals surface area (Å²) in [4.78, 5) is 26.3. The van der Waals surface area contributed by atoms with Gasteiger partial charge in [-0.15, -0.1) is 0 Å². The van der Waals surface area contributed by atoms with Crippen LogP contribution in [0.1, 0.15) is 29.2 Å². The third-order valence-corrected chi connectivity index (χ3v) is 5.99. The van der Waals surface area contributed by atoms with Crippen molar-refractivity contribution in [1.29, 1.82) is 0 Å². The molecule has 0 saturated heterocycles. The molecule has 36 heavy (non-hydrogen) atoms. The first-order valence-corrected chi connectivity index (χ1v) is 11.1. The topological polar surface area (TPSA) is 130 Å². The molecular formula is C26H23NO9. The number of aromatic hydroxyl groups is 1. The maximum atomic E-state index is 13.2. The Bertz CT molecular complexity index is 1470.